The molecule has 0 radical (unpaired) electrons. The summed E-state index contributed by atoms with van der Waals surface area (Å²) in [5, 5.41) is 12.1. The van der Waals surface area contributed by atoms with E-state index in [1.54, 1.807) is 26.0 Å². The Morgan fingerprint density at radius 3 is 1.88 bits per heavy atom. The van der Waals surface area contributed by atoms with E-state index in [0.717, 1.165) is 16.7 Å². The molecule has 0 atom stereocenters. The van der Waals surface area contributed by atoms with Gasteiger partial charge in [-0.3, -0.25) is 0 Å². The second kappa shape index (κ2) is 8.77. The van der Waals surface area contributed by atoms with Gasteiger partial charge < -0.3 is 5.32 Å². The van der Waals surface area contributed by atoms with E-state index in [1.807, 2.05) is 36.4 Å². The van der Waals surface area contributed by atoms with Gasteiger partial charge in [0.25, 0.3) is 0 Å². The van der Waals surface area contributed by atoms with Crippen LogP contribution in [0, 0.1) is 11.3 Å². The highest BCUT2D eigenvalue weighted by atomic mass is 32.2. The summed E-state index contributed by atoms with van der Waals surface area (Å²) >= 11 is 0. The maximum Gasteiger partial charge on any atom is 0.216 e. The third-order valence-electron chi connectivity index (χ3n) is 3.54. The molecular formula is C19H23N3O2S. The van der Waals surface area contributed by atoms with Gasteiger partial charge in [-0.1, -0.05) is 36.4 Å². The van der Waals surface area contributed by atoms with Crippen molar-refractivity contribution in [2.45, 2.75) is 38.7 Å². The van der Waals surface area contributed by atoms with Crippen LogP contribution in [0.5, 0.6) is 0 Å². The minimum absolute atomic E-state index is 0.00979. The first kappa shape index (κ1) is 19.1. The number of benzene rings is 2. The molecule has 2 aromatic rings. The summed E-state index contributed by atoms with van der Waals surface area (Å²) in [6.07, 6.45) is 0. The van der Waals surface area contributed by atoms with Crippen LogP contribution in [0.2, 0.25) is 0 Å². The minimum atomic E-state index is -3.29. The van der Waals surface area contributed by atoms with Crippen LogP contribution in [-0.2, 0) is 28.9 Å². The van der Waals surface area contributed by atoms with Gasteiger partial charge in [0, 0.05) is 19.1 Å². The number of rotatable bonds is 8. The van der Waals surface area contributed by atoms with Gasteiger partial charge in [0.1, 0.15) is 0 Å². The molecule has 5 nitrogen and oxygen atoms in total. The van der Waals surface area contributed by atoms with E-state index in [9.17, 15) is 8.42 Å². The fraction of sp³-hybridized carbons (Fsp3) is 0.316. The Morgan fingerprint density at radius 2 is 1.40 bits per heavy atom. The lowest BCUT2D eigenvalue weighted by Gasteiger charge is -2.10. The topological polar surface area (TPSA) is 82.0 Å². The Balaban J connectivity index is 1.84. The molecule has 0 bridgehead atoms. The number of nitrogens with one attached hydrogen (secondary N) is 2. The summed E-state index contributed by atoms with van der Waals surface area (Å²) in [6, 6.07) is 17.0. The first-order valence-corrected chi connectivity index (χ1v) is 9.81. The summed E-state index contributed by atoms with van der Waals surface area (Å²) in [6.45, 7) is 5.01. The van der Waals surface area contributed by atoms with Crippen molar-refractivity contribution in [1.82, 2.24) is 10.0 Å². The van der Waals surface area contributed by atoms with Gasteiger partial charge in [-0.05, 0) is 42.7 Å². The number of sulfonamides is 1. The molecule has 0 aromatic heterocycles. The van der Waals surface area contributed by atoms with Crippen molar-refractivity contribution in [1.29, 1.82) is 5.26 Å². The fourth-order valence-corrected chi connectivity index (χ4v) is 3.85. The van der Waals surface area contributed by atoms with Crippen molar-refractivity contribution in [2.24, 2.45) is 0 Å². The highest BCUT2D eigenvalue weighted by Gasteiger charge is 2.12. The Kier molecular flexibility index (Phi) is 6.71. The average molecular weight is 357 g/mol. The van der Waals surface area contributed by atoms with Crippen LogP contribution in [-0.4, -0.2) is 14.5 Å². The molecule has 0 amide bonds. The van der Waals surface area contributed by atoms with Gasteiger partial charge in [-0.2, -0.15) is 5.26 Å². The largest absolute Gasteiger partial charge is 0.309 e. The van der Waals surface area contributed by atoms with Gasteiger partial charge in [0.05, 0.1) is 17.4 Å². The molecule has 0 aliphatic rings. The molecule has 25 heavy (non-hydrogen) atoms. The first-order chi connectivity index (χ1) is 11.9. The fourth-order valence-electron chi connectivity index (χ4n) is 2.42. The molecule has 2 rings (SSSR count). The van der Waals surface area contributed by atoms with Gasteiger partial charge in [-0.15, -0.1) is 0 Å². The van der Waals surface area contributed by atoms with Crippen molar-refractivity contribution in [3.05, 3.63) is 70.8 Å². The zero-order valence-electron chi connectivity index (χ0n) is 14.5. The first-order valence-electron chi connectivity index (χ1n) is 8.15. The molecule has 0 fully saturated rings. The highest BCUT2D eigenvalue weighted by Crippen LogP contribution is 2.09. The predicted octanol–water partition coefficient (Wildman–Crippen LogP) is 2.68. The smallest absolute Gasteiger partial charge is 0.216 e. The van der Waals surface area contributed by atoms with E-state index in [2.05, 4.69) is 16.1 Å². The number of hydrogen-bond donors (Lipinski definition) is 2. The van der Waals surface area contributed by atoms with Crippen LogP contribution in [0.1, 0.15) is 36.1 Å². The zero-order valence-corrected chi connectivity index (χ0v) is 15.3. The van der Waals surface area contributed by atoms with E-state index in [1.165, 1.54) is 0 Å². The molecular weight excluding hydrogens is 334 g/mol. The molecule has 0 unspecified atom stereocenters. The summed E-state index contributed by atoms with van der Waals surface area (Å²) in [7, 11) is -3.29. The summed E-state index contributed by atoms with van der Waals surface area (Å²) < 4.78 is 26.4. The van der Waals surface area contributed by atoms with Crippen molar-refractivity contribution in [3.8, 4) is 6.07 Å². The molecule has 0 aliphatic carbocycles. The van der Waals surface area contributed by atoms with Crippen LogP contribution in [0.3, 0.4) is 0 Å². The van der Waals surface area contributed by atoms with Gasteiger partial charge >= 0.3 is 0 Å². The van der Waals surface area contributed by atoms with E-state index in [-0.39, 0.29) is 11.8 Å². The Hall–Kier alpha value is -2.20. The van der Waals surface area contributed by atoms with E-state index < -0.39 is 10.0 Å². The SMILES string of the molecule is CC(C)NS(=O)(=O)Cc1ccc(CNCc2ccc(C#N)cc2)cc1. The maximum atomic E-state index is 11.9. The lowest BCUT2D eigenvalue weighted by atomic mass is 10.1. The van der Waals surface area contributed by atoms with Gasteiger partial charge in [0.15, 0.2) is 0 Å². The molecule has 0 heterocycles. The average Bonchev–Trinajstić information content (AvgIpc) is 2.55. The Morgan fingerprint density at radius 1 is 0.920 bits per heavy atom. The monoisotopic (exact) mass is 357 g/mol. The second-order valence-corrected chi connectivity index (χ2v) is 8.01. The molecule has 6 heteroatoms. The highest BCUT2D eigenvalue weighted by molar-refractivity contribution is 7.88. The summed E-state index contributed by atoms with van der Waals surface area (Å²) in [5.74, 6) is -0.00979. The Bertz CT molecular complexity index is 820. The number of nitrogens with zero attached hydrogens (tertiary/aromatic N) is 1. The van der Waals surface area contributed by atoms with Crippen LogP contribution < -0.4 is 10.0 Å². The standard InChI is InChI=1S/C19H23N3O2S/c1-15(2)22-25(23,24)14-19-9-7-18(8-10-19)13-21-12-17-5-3-16(11-20)4-6-17/h3-10,15,21-22H,12-14H2,1-2H3. The number of nitriles is 1. The Labute approximate surface area is 149 Å². The molecule has 0 saturated heterocycles. The van der Waals surface area contributed by atoms with E-state index in [0.29, 0.717) is 18.7 Å². The van der Waals surface area contributed by atoms with Crippen LogP contribution in [0.15, 0.2) is 48.5 Å². The summed E-state index contributed by atoms with van der Waals surface area (Å²) in [5.41, 5.74) is 3.62. The minimum Gasteiger partial charge on any atom is -0.309 e. The molecule has 2 aromatic carbocycles. The van der Waals surface area contributed by atoms with Crippen molar-refractivity contribution >= 4 is 10.0 Å². The second-order valence-electron chi connectivity index (χ2n) is 6.26. The lowest BCUT2D eigenvalue weighted by molar-refractivity contribution is 0.569. The molecule has 0 aliphatic heterocycles. The summed E-state index contributed by atoms with van der Waals surface area (Å²) in [4.78, 5) is 0. The maximum absolute atomic E-state index is 11.9. The zero-order chi connectivity index (χ0) is 18.3. The predicted molar refractivity (Wildman–Crippen MR) is 99.0 cm³/mol. The van der Waals surface area contributed by atoms with Crippen LogP contribution >= 0.6 is 0 Å². The van der Waals surface area contributed by atoms with Crippen molar-refractivity contribution in [2.75, 3.05) is 0 Å². The lowest BCUT2D eigenvalue weighted by Crippen LogP contribution is -2.31. The third-order valence-corrected chi connectivity index (χ3v) is 5.08. The number of hydrogen-bond acceptors (Lipinski definition) is 4. The molecule has 0 spiro atoms. The van der Waals surface area contributed by atoms with Gasteiger partial charge in [0.2, 0.25) is 10.0 Å². The van der Waals surface area contributed by atoms with Crippen LogP contribution in [0.4, 0.5) is 0 Å². The normalized spacial score (nSPS) is 11.4. The molecule has 132 valence electrons. The quantitative estimate of drug-likeness (QED) is 0.761. The third kappa shape index (κ3) is 6.67. The van der Waals surface area contributed by atoms with Gasteiger partial charge in [-0.25, -0.2) is 13.1 Å². The molecule has 0 saturated carbocycles. The van der Waals surface area contributed by atoms with Crippen LogP contribution in [0.25, 0.3) is 0 Å². The van der Waals surface area contributed by atoms with Crippen molar-refractivity contribution < 1.29 is 8.42 Å². The van der Waals surface area contributed by atoms with E-state index in [4.69, 9.17) is 5.26 Å². The van der Waals surface area contributed by atoms with Crippen molar-refractivity contribution in [3.63, 3.8) is 0 Å². The molecule has 2 N–H and O–H groups in total. The van der Waals surface area contributed by atoms with E-state index >= 15 is 0 Å².